The average Bonchev–Trinajstić information content (AvgIpc) is 2.31. The summed E-state index contributed by atoms with van der Waals surface area (Å²) in [5.74, 6) is 7.83. The van der Waals surface area contributed by atoms with Gasteiger partial charge in [-0.2, -0.15) is 0 Å². The Hall–Kier alpha value is -0.520. The van der Waals surface area contributed by atoms with Crippen LogP contribution >= 0.6 is 0 Å². The molecule has 0 aromatic carbocycles. The molecule has 0 atom stereocenters. The molecule has 0 unspecified atom stereocenters. The SMILES string of the molecule is CC#CC1(C)CCC(C2COC(C)OC2)CC1. The molecule has 1 aliphatic carbocycles. The van der Waals surface area contributed by atoms with Crippen molar-refractivity contribution in [3.8, 4) is 11.8 Å². The summed E-state index contributed by atoms with van der Waals surface area (Å²) in [6.07, 6.45) is 4.99. The minimum Gasteiger partial charge on any atom is -0.353 e. The standard InChI is InChI=1S/C15H24O2/c1-4-7-15(3)8-5-13(6-9-15)14-10-16-12(2)17-11-14/h12-14H,5-6,8-11H2,1-3H3. The fraction of sp³-hybridized carbons (Fsp3) is 0.867. The van der Waals surface area contributed by atoms with Crippen LogP contribution in [0.3, 0.4) is 0 Å². The van der Waals surface area contributed by atoms with Crippen molar-refractivity contribution in [2.75, 3.05) is 13.2 Å². The Labute approximate surface area is 105 Å². The summed E-state index contributed by atoms with van der Waals surface area (Å²) in [7, 11) is 0. The van der Waals surface area contributed by atoms with Gasteiger partial charge in [-0.05, 0) is 52.4 Å². The van der Waals surface area contributed by atoms with E-state index in [0.717, 1.165) is 19.1 Å². The molecule has 0 amide bonds. The highest BCUT2D eigenvalue weighted by Crippen LogP contribution is 2.41. The molecule has 0 aromatic heterocycles. The highest BCUT2D eigenvalue weighted by atomic mass is 16.7. The van der Waals surface area contributed by atoms with Gasteiger partial charge in [-0.3, -0.25) is 0 Å². The fourth-order valence-corrected chi connectivity index (χ4v) is 3.06. The lowest BCUT2D eigenvalue weighted by molar-refractivity contribution is -0.200. The van der Waals surface area contributed by atoms with Gasteiger partial charge >= 0.3 is 0 Å². The summed E-state index contributed by atoms with van der Waals surface area (Å²) in [4.78, 5) is 0. The van der Waals surface area contributed by atoms with Gasteiger partial charge in [0.15, 0.2) is 6.29 Å². The highest BCUT2D eigenvalue weighted by molar-refractivity contribution is 5.10. The van der Waals surface area contributed by atoms with Crippen molar-refractivity contribution in [3.05, 3.63) is 0 Å². The summed E-state index contributed by atoms with van der Waals surface area (Å²) >= 11 is 0. The van der Waals surface area contributed by atoms with Crippen LogP contribution in [0.1, 0.15) is 46.5 Å². The first-order chi connectivity index (χ1) is 8.13. The Morgan fingerprint density at radius 3 is 2.18 bits per heavy atom. The Morgan fingerprint density at radius 2 is 1.65 bits per heavy atom. The first-order valence-electron chi connectivity index (χ1n) is 6.80. The molecule has 1 saturated carbocycles. The maximum Gasteiger partial charge on any atom is 0.154 e. The average molecular weight is 236 g/mol. The molecule has 17 heavy (non-hydrogen) atoms. The van der Waals surface area contributed by atoms with Gasteiger partial charge < -0.3 is 9.47 Å². The first-order valence-corrected chi connectivity index (χ1v) is 6.80. The van der Waals surface area contributed by atoms with E-state index in [4.69, 9.17) is 9.47 Å². The van der Waals surface area contributed by atoms with Crippen molar-refractivity contribution >= 4 is 0 Å². The van der Waals surface area contributed by atoms with E-state index in [1.807, 2.05) is 13.8 Å². The van der Waals surface area contributed by atoms with Gasteiger partial charge in [-0.1, -0.05) is 5.92 Å². The van der Waals surface area contributed by atoms with E-state index >= 15 is 0 Å². The van der Waals surface area contributed by atoms with Crippen molar-refractivity contribution in [1.82, 2.24) is 0 Å². The van der Waals surface area contributed by atoms with Crippen molar-refractivity contribution in [1.29, 1.82) is 0 Å². The van der Waals surface area contributed by atoms with Gasteiger partial charge in [0.1, 0.15) is 0 Å². The second-order valence-corrected chi connectivity index (χ2v) is 5.77. The van der Waals surface area contributed by atoms with Crippen molar-refractivity contribution in [3.63, 3.8) is 0 Å². The van der Waals surface area contributed by atoms with Crippen LogP contribution in [0.25, 0.3) is 0 Å². The van der Waals surface area contributed by atoms with E-state index in [9.17, 15) is 0 Å². The summed E-state index contributed by atoms with van der Waals surface area (Å²) in [5, 5.41) is 0. The van der Waals surface area contributed by atoms with E-state index in [2.05, 4.69) is 18.8 Å². The summed E-state index contributed by atoms with van der Waals surface area (Å²) in [6.45, 7) is 7.98. The third-order valence-electron chi connectivity index (χ3n) is 4.32. The molecule has 2 heteroatoms. The zero-order valence-electron chi connectivity index (χ0n) is 11.3. The quantitative estimate of drug-likeness (QED) is 0.651. The van der Waals surface area contributed by atoms with Crippen LogP contribution in [0.4, 0.5) is 0 Å². The molecule has 0 radical (unpaired) electrons. The van der Waals surface area contributed by atoms with Gasteiger partial charge in [-0.15, -0.1) is 5.92 Å². The van der Waals surface area contributed by atoms with Crippen LogP contribution in [0.2, 0.25) is 0 Å². The van der Waals surface area contributed by atoms with Gasteiger partial charge in [0, 0.05) is 11.3 Å². The molecule has 0 bridgehead atoms. The van der Waals surface area contributed by atoms with Crippen LogP contribution in [-0.4, -0.2) is 19.5 Å². The van der Waals surface area contributed by atoms with E-state index in [-0.39, 0.29) is 11.7 Å². The largest absolute Gasteiger partial charge is 0.353 e. The third kappa shape index (κ3) is 3.24. The lowest BCUT2D eigenvalue weighted by Gasteiger charge is -2.39. The fourth-order valence-electron chi connectivity index (χ4n) is 3.06. The first kappa shape index (κ1) is 12.9. The molecule has 0 spiro atoms. The van der Waals surface area contributed by atoms with Crippen molar-refractivity contribution in [2.45, 2.75) is 52.7 Å². The number of hydrogen-bond acceptors (Lipinski definition) is 2. The summed E-state index contributed by atoms with van der Waals surface area (Å²) in [6, 6.07) is 0. The minimum absolute atomic E-state index is 0.00827. The predicted molar refractivity (Wildman–Crippen MR) is 68.4 cm³/mol. The van der Waals surface area contributed by atoms with Crippen LogP contribution in [0, 0.1) is 29.1 Å². The molecule has 2 rings (SSSR count). The second kappa shape index (κ2) is 5.42. The molecule has 2 nitrogen and oxygen atoms in total. The molecular weight excluding hydrogens is 212 g/mol. The van der Waals surface area contributed by atoms with Gasteiger partial charge in [0.05, 0.1) is 13.2 Å². The summed E-state index contributed by atoms with van der Waals surface area (Å²) in [5.41, 5.74) is 0.259. The molecule has 2 aliphatic rings. The van der Waals surface area contributed by atoms with Gasteiger partial charge in [0.2, 0.25) is 0 Å². The monoisotopic (exact) mass is 236 g/mol. The normalized spacial score (nSPS) is 42.6. The lowest BCUT2D eigenvalue weighted by Crippen LogP contribution is -2.37. The summed E-state index contributed by atoms with van der Waals surface area (Å²) < 4.78 is 11.2. The molecule has 1 aliphatic heterocycles. The zero-order chi connectivity index (χ0) is 12.3. The maximum atomic E-state index is 5.59. The molecular formula is C15H24O2. The van der Waals surface area contributed by atoms with E-state index in [1.54, 1.807) is 0 Å². The zero-order valence-corrected chi connectivity index (χ0v) is 11.3. The Morgan fingerprint density at radius 1 is 1.06 bits per heavy atom. The van der Waals surface area contributed by atoms with Gasteiger partial charge in [0.25, 0.3) is 0 Å². The molecule has 1 saturated heterocycles. The Bertz CT molecular complexity index is 297. The van der Waals surface area contributed by atoms with Crippen LogP contribution < -0.4 is 0 Å². The number of hydrogen-bond donors (Lipinski definition) is 0. The van der Waals surface area contributed by atoms with Crippen molar-refractivity contribution in [2.24, 2.45) is 17.3 Å². The lowest BCUT2D eigenvalue weighted by atomic mass is 9.69. The topological polar surface area (TPSA) is 18.5 Å². The molecule has 2 fully saturated rings. The molecule has 0 N–H and O–H groups in total. The second-order valence-electron chi connectivity index (χ2n) is 5.77. The molecule has 0 aromatic rings. The Balaban J connectivity index is 1.84. The van der Waals surface area contributed by atoms with Crippen LogP contribution in [0.15, 0.2) is 0 Å². The Kier molecular flexibility index (Phi) is 4.12. The van der Waals surface area contributed by atoms with E-state index in [1.165, 1.54) is 25.7 Å². The maximum absolute atomic E-state index is 5.59. The van der Waals surface area contributed by atoms with Gasteiger partial charge in [-0.25, -0.2) is 0 Å². The molecule has 1 heterocycles. The third-order valence-corrected chi connectivity index (χ3v) is 4.32. The van der Waals surface area contributed by atoms with Crippen LogP contribution in [0.5, 0.6) is 0 Å². The van der Waals surface area contributed by atoms with Crippen molar-refractivity contribution < 1.29 is 9.47 Å². The van der Waals surface area contributed by atoms with E-state index in [0.29, 0.717) is 5.92 Å². The minimum atomic E-state index is -0.00827. The van der Waals surface area contributed by atoms with E-state index < -0.39 is 0 Å². The highest BCUT2D eigenvalue weighted by Gasteiger charge is 2.34. The number of rotatable bonds is 1. The van der Waals surface area contributed by atoms with Crippen LogP contribution in [-0.2, 0) is 9.47 Å². The number of ether oxygens (including phenoxy) is 2. The molecule has 96 valence electrons. The smallest absolute Gasteiger partial charge is 0.154 e. The predicted octanol–water partition coefficient (Wildman–Crippen LogP) is 3.22.